The number of esters is 1. The van der Waals surface area contributed by atoms with Crippen molar-refractivity contribution in [3.63, 3.8) is 0 Å². The van der Waals surface area contributed by atoms with Crippen LogP contribution >= 0.6 is 0 Å². The van der Waals surface area contributed by atoms with Crippen molar-refractivity contribution in [3.05, 3.63) is 114 Å². The first-order valence-electron chi connectivity index (χ1n) is 17.1. The number of aromatic nitrogens is 1. The first kappa shape index (κ1) is 32.4. The molecule has 2 aliphatic heterocycles. The van der Waals surface area contributed by atoms with E-state index in [1.165, 1.54) is 16.5 Å². The molecule has 6 rings (SSSR count). The topological polar surface area (TPSA) is 65.9 Å². The maximum atomic E-state index is 13.5. The largest absolute Gasteiger partial charge is 0.460 e. The minimum Gasteiger partial charge on any atom is -0.460 e. The normalized spacial score (nSPS) is 21.0. The fourth-order valence-electron chi connectivity index (χ4n) is 7.66. The van der Waals surface area contributed by atoms with E-state index in [-0.39, 0.29) is 17.9 Å². The van der Waals surface area contributed by atoms with Crippen LogP contribution in [0, 0.1) is 11.8 Å². The highest BCUT2D eigenvalue weighted by Gasteiger charge is 2.42. The Morgan fingerprint density at radius 2 is 1.63 bits per heavy atom. The van der Waals surface area contributed by atoms with Gasteiger partial charge >= 0.3 is 5.97 Å². The highest BCUT2D eigenvalue weighted by molar-refractivity contribution is 5.78. The van der Waals surface area contributed by atoms with Gasteiger partial charge in [0.2, 0.25) is 0 Å². The zero-order valence-corrected chi connectivity index (χ0v) is 27.4. The van der Waals surface area contributed by atoms with Crippen LogP contribution in [0.25, 0.3) is 10.9 Å². The van der Waals surface area contributed by atoms with Crippen LogP contribution in [0.2, 0.25) is 0 Å². The molecule has 4 aromatic rings. The van der Waals surface area contributed by atoms with Crippen molar-refractivity contribution in [1.29, 1.82) is 0 Å². The molecule has 6 nitrogen and oxygen atoms in total. The Balaban J connectivity index is 1.05. The Hall–Kier alpha value is -3.58. The molecule has 0 radical (unpaired) electrons. The molecule has 6 heteroatoms. The molecule has 1 N–H and O–H groups in total. The lowest BCUT2D eigenvalue weighted by Crippen LogP contribution is -2.47. The van der Waals surface area contributed by atoms with E-state index in [1.54, 1.807) is 0 Å². The number of nitrogens with zero attached hydrogens (tertiary/aromatic N) is 3. The Morgan fingerprint density at radius 3 is 2.37 bits per heavy atom. The molecule has 0 unspecified atom stereocenters. The van der Waals surface area contributed by atoms with Gasteiger partial charge in [-0.15, -0.1) is 0 Å². The number of likely N-dealkylation sites (tertiary alicyclic amines) is 2. The molecule has 3 atom stereocenters. The Morgan fingerprint density at radius 1 is 0.935 bits per heavy atom. The second-order valence-electron chi connectivity index (χ2n) is 13.9. The van der Waals surface area contributed by atoms with E-state index in [0.29, 0.717) is 18.4 Å². The number of rotatable bonds is 12. The molecule has 242 valence electrons. The van der Waals surface area contributed by atoms with Crippen molar-refractivity contribution in [2.75, 3.05) is 32.7 Å². The number of aryl methyl sites for hydroxylation is 1. The lowest BCUT2D eigenvalue weighted by molar-refractivity contribution is -0.153. The van der Waals surface area contributed by atoms with Gasteiger partial charge in [-0.25, -0.2) is 0 Å². The van der Waals surface area contributed by atoms with Gasteiger partial charge in [0.05, 0.1) is 11.1 Å². The van der Waals surface area contributed by atoms with Gasteiger partial charge in [-0.05, 0) is 72.8 Å². The van der Waals surface area contributed by atoms with Crippen LogP contribution in [0.15, 0.2) is 97.2 Å². The molecule has 0 saturated carbocycles. The fourth-order valence-corrected chi connectivity index (χ4v) is 7.66. The van der Waals surface area contributed by atoms with Gasteiger partial charge in [-0.3, -0.25) is 14.7 Å². The van der Waals surface area contributed by atoms with E-state index in [2.05, 4.69) is 77.2 Å². The summed E-state index contributed by atoms with van der Waals surface area (Å²) in [6.45, 7) is 9.04. The second kappa shape index (κ2) is 14.9. The van der Waals surface area contributed by atoms with Gasteiger partial charge in [0.25, 0.3) is 0 Å². The zero-order valence-electron chi connectivity index (χ0n) is 27.4. The van der Waals surface area contributed by atoms with Gasteiger partial charge < -0.3 is 14.7 Å². The van der Waals surface area contributed by atoms with Crippen molar-refractivity contribution >= 4 is 16.9 Å². The van der Waals surface area contributed by atoms with Crippen LogP contribution in [-0.2, 0) is 22.6 Å². The summed E-state index contributed by atoms with van der Waals surface area (Å²) >= 11 is 0. The summed E-state index contributed by atoms with van der Waals surface area (Å²) in [5.41, 5.74) is 4.01. The minimum absolute atomic E-state index is 0.131. The molecule has 1 aromatic heterocycles. The van der Waals surface area contributed by atoms with Crippen LogP contribution in [0.5, 0.6) is 0 Å². The van der Waals surface area contributed by atoms with Gasteiger partial charge in [0.15, 0.2) is 0 Å². The first-order valence-corrected chi connectivity index (χ1v) is 17.1. The summed E-state index contributed by atoms with van der Waals surface area (Å²) in [6.07, 6.45) is 6.30. The monoisotopic (exact) mass is 619 g/mol. The van der Waals surface area contributed by atoms with E-state index in [1.807, 2.05) is 48.7 Å². The quantitative estimate of drug-likeness (QED) is 0.175. The van der Waals surface area contributed by atoms with Crippen molar-refractivity contribution in [1.82, 2.24) is 14.8 Å². The van der Waals surface area contributed by atoms with Crippen molar-refractivity contribution in [2.24, 2.45) is 11.8 Å². The van der Waals surface area contributed by atoms with Crippen molar-refractivity contribution < 1.29 is 14.6 Å². The van der Waals surface area contributed by atoms with E-state index in [4.69, 9.17) is 4.74 Å². The van der Waals surface area contributed by atoms with Crippen LogP contribution < -0.4 is 0 Å². The first-order chi connectivity index (χ1) is 22.4. The summed E-state index contributed by atoms with van der Waals surface area (Å²) in [7, 11) is 0. The Kier molecular flexibility index (Phi) is 10.5. The highest BCUT2D eigenvalue weighted by atomic mass is 16.5. The number of ether oxygens (including phenoxy) is 1. The molecular weight excluding hydrogens is 570 g/mol. The average Bonchev–Trinajstić information content (AvgIpc) is 3.48. The fraction of sp³-hybridized carbons (Fsp3) is 0.450. The Labute approximate surface area is 274 Å². The van der Waals surface area contributed by atoms with Crippen LogP contribution in [0.1, 0.15) is 62.1 Å². The third-order valence-electron chi connectivity index (χ3n) is 10.2. The molecule has 0 spiro atoms. The van der Waals surface area contributed by atoms with Crippen molar-refractivity contribution in [3.8, 4) is 0 Å². The summed E-state index contributed by atoms with van der Waals surface area (Å²) < 4.78 is 5.87. The number of fused-ring (bicyclic) bond motifs is 1. The van der Waals surface area contributed by atoms with Crippen molar-refractivity contribution in [2.45, 2.75) is 70.1 Å². The molecule has 0 aliphatic carbocycles. The van der Waals surface area contributed by atoms with E-state index >= 15 is 0 Å². The number of pyridine rings is 1. The maximum absolute atomic E-state index is 13.5. The number of piperidine rings is 1. The Bertz CT molecular complexity index is 1550. The van der Waals surface area contributed by atoms with E-state index in [0.717, 1.165) is 75.9 Å². The molecule has 0 amide bonds. The number of hydrogen-bond donors (Lipinski definition) is 1. The number of aliphatic hydroxyl groups is 1. The number of carbonyl (C=O) groups is 1. The zero-order chi connectivity index (χ0) is 31.9. The van der Waals surface area contributed by atoms with Gasteiger partial charge in [0, 0.05) is 50.2 Å². The summed E-state index contributed by atoms with van der Waals surface area (Å²) in [5, 5.41) is 12.7. The third kappa shape index (κ3) is 8.03. The van der Waals surface area contributed by atoms with E-state index in [9.17, 15) is 9.90 Å². The molecular formula is C40H49N3O3. The molecule has 46 heavy (non-hydrogen) atoms. The summed E-state index contributed by atoms with van der Waals surface area (Å²) in [6, 6.07) is 30.9. The second-order valence-corrected chi connectivity index (χ2v) is 13.9. The highest BCUT2D eigenvalue weighted by Crippen LogP contribution is 2.37. The molecule has 2 fully saturated rings. The van der Waals surface area contributed by atoms with Gasteiger partial charge in [-0.1, -0.05) is 92.7 Å². The molecule has 2 saturated heterocycles. The number of para-hydroxylation sites is 1. The number of benzene rings is 3. The molecule has 3 heterocycles. The number of carbonyl (C=O) groups excluding carboxylic acids is 1. The van der Waals surface area contributed by atoms with Crippen LogP contribution in [0.3, 0.4) is 0 Å². The smallest absolute Gasteiger partial charge is 0.323 e. The summed E-state index contributed by atoms with van der Waals surface area (Å²) in [5.74, 6) is 0.764. The summed E-state index contributed by atoms with van der Waals surface area (Å²) in [4.78, 5) is 23.0. The minimum atomic E-state index is -0.605. The number of hydrogen-bond acceptors (Lipinski definition) is 6. The SMILES string of the molecule is CC(C)[C@H](C(=O)OCc1ccccc1)N1C[C@H](CN2CCC(O)(CCCc3cnc4ccccc4c3)CC2)[C@@H](c2ccccc2)C1. The molecule has 0 bridgehead atoms. The lowest BCUT2D eigenvalue weighted by atomic mass is 9.84. The molecule has 3 aromatic carbocycles. The molecule has 2 aliphatic rings. The average molecular weight is 620 g/mol. The maximum Gasteiger partial charge on any atom is 0.323 e. The lowest BCUT2D eigenvalue weighted by Gasteiger charge is -2.40. The van der Waals surface area contributed by atoms with E-state index < -0.39 is 5.60 Å². The van der Waals surface area contributed by atoms with Crippen LogP contribution in [-0.4, -0.2) is 70.2 Å². The standard InChI is InChI=1S/C40H49N3O3/c1-30(2)38(39(44)46-29-31-12-5-3-6-13-31)43-27-35(36(28-43)33-15-7-4-8-16-33)26-42-22-20-40(45,21-23-42)19-11-14-32-24-34-17-9-10-18-37(34)41-25-32/h3-10,12-13,15-18,24-25,30,35-36,38,45H,11,14,19-23,26-29H2,1-2H3/t35-,36+,38+/m0/s1. The predicted molar refractivity (Wildman–Crippen MR) is 184 cm³/mol. The predicted octanol–water partition coefficient (Wildman–Crippen LogP) is 6.87. The third-order valence-corrected chi connectivity index (χ3v) is 10.2. The van der Waals surface area contributed by atoms with Crippen LogP contribution in [0.4, 0.5) is 0 Å². The van der Waals surface area contributed by atoms with Gasteiger partial charge in [-0.2, -0.15) is 0 Å². The van der Waals surface area contributed by atoms with Gasteiger partial charge in [0.1, 0.15) is 12.6 Å².